The summed E-state index contributed by atoms with van der Waals surface area (Å²) in [6.45, 7) is 3.29. The van der Waals surface area contributed by atoms with Crippen LogP contribution in [0.15, 0.2) is 40.6 Å². The lowest BCUT2D eigenvalue weighted by Gasteiger charge is -2.34. The molecule has 27 heavy (non-hydrogen) atoms. The third-order valence-electron chi connectivity index (χ3n) is 4.49. The van der Waals surface area contributed by atoms with Crippen molar-refractivity contribution in [1.82, 2.24) is 14.8 Å². The Morgan fingerprint density at radius 2 is 1.89 bits per heavy atom. The Kier molecular flexibility index (Phi) is 4.99. The number of thiazole rings is 1. The van der Waals surface area contributed by atoms with Gasteiger partial charge in [0.2, 0.25) is 10.0 Å². The molecule has 1 aliphatic heterocycles. The monoisotopic (exact) mass is 422 g/mol. The second kappa shape index (κ2) is 7.28. The van der Waals surface area contributed by atoms with Crippen molar-refractivity contribution in [2.45, 2.75) is 11.4 Å². The first-order chi connectivity index (χ1) is 12.9. The molecule has 7 nitrogen and oxygen atoms in total. The van der Waals surface area contributed by atoms with Crippen LogP contribution < -0.4 is 5.14 Å². The van der Waals surface area contributed by atoms with Crippen LogP contribution in [0.2, 0.25) is 0 Å². The van der Waals surface area contributed by atoms with E-state index in [-0.39, 0.29) is 15.7 Å². The summed E-state index contributed by atoms with van der Waals surface area (Å²) in [4.78, 5) is 21.4. The largest absolute Gasteiger partial charge is 0.335 e. The summed E-state index contributed by atoms with van der Waals surface area (Å²) in [5.41, 5.74) is 1.01. The average molecular weight is 423 g/mol. The Bertz CT molecular complexity index is 1050. The maximum absolute atomic E-state index is 12.7. The molecule has 1 fully saturated rings. The Hall–Kier alpha value is -1.85. The molecular weight excluding hydrogens is 404 g/mol. The SMILES string of the molecule is NS(=O)(=O)c1ccsc1C(=O)N1CCN(Cc2nc3ccccc3s2)CC1. The number of nitrogens with two attached hydrogens (primary N) is 1. The van der Waals surface area contributed by atoms with Crippen molar-refractivity contribution in [2.75, 3.05) is 26.2 Å². The Labute approximate surface area is 165 Å². The van der Waals surface area contributed by atoms with Gasteiger partial charge in [-0.25, -0.2) is 18.5 Å². The molecule has 0 saturated carbocycles. The van der Waals surface area contributed by atoms with E-state index in [1.165, 1.54) is 10.8 Å². The molecule has 0 atom stereocenters. The number of aromatic nitrogens is 1. The first kappa shape index (κ1) is 18.5. The molecule has 0 bridgehead atoms. The minimum absolute atomic E-state index is 0.0885. The van der Waals surface area contributed by atoms with E-state index in [1.54, 1.807) is 21.6 Å². The van der Waals surface area contributed by atoms with Crippen LogP contribution in [0.5, 0.6) is 0 Å². The van der Waals surface area contributed by atoms with E-state index in [2.05, 4.69) is 16.0 Å². The minimum atomic E-state index is -3.89. The van der Waals surface area contributed by atoms with Crippen LogP contribution in [0.1, 0.15) is 14.7 Å². The fourth-order valence-electron chi connectivity index (χ4n) is 3.11. The maximum atomic E-state index is 12.7. The van der Waals surface area contributed by atoms with Crippen LogP contribution in [0.3, 0.4) is 0 Å². The molecule has 142 valence electrons. The van der Waals surface area contributed by atoms with E-state index >= 15 is 0 Å². The zero-order valence-electron chi connectivity index (χ0n) is 14.4. The highest BCUT2D eigenvalue weighted by atomic mass is 32.2. The number of hydrogen-bond acceptors (Lipinski definition) is 7. The molecule has 1 aliphatic rings. The number of thiophene rings is 1. The topological polar surface area (TPSA) is 96.6 Å². The Balaban J connectivity index is 1.40. The Morgan fingerprint density at radius 1 is 1.15 bits per heavy atom. The number of nitrogens with zero attached hydrogens (tertiary/aromatic N) is 3. The number of carbonyl (C=O) groups excluding carboxylic acids is 1. The van der Waals surface area contributed by atoms with Gasteiger partial charge in [0, 0.05) is 26.2 Å². The number of carbonyl (C=O) groups is 1. The standard InChI is InChI=1S/C17H18N4O3S3/c18-27(23,24)14-5-10-25-16(14)17(22)21-8-6-20(7-9-21)11-15-19-12-3-1-2-4-13(12)26-15/h1-5,10H,6-9,11H2,(H2,18,23,24). The van der Waals surface area contributed by atoms with Gasteiger partial charge in [0.1, 0.15) is 14.8 Å². The third kappa shape index (κ3) is 3.90. The summed E-state index contributed by atoms with van der Waals surface area (Å²) in [7, 11) is -3.89. The molecule has 0 unspecified atom stereocenters. The second-order valence-corrected chi connectivity index (χ2v) is 9.86. The zero-order valence-corrected chi connectivity index (χ0v) is 16.8. The molecular formula is C17H18N4O3S3. The molecule has 0 spiro atoms. The first-order valence-electron chi connectivity index (χ1n) is 8.38. The van der Waals surface area contributed by atoms with E-state index in [1.807, 2.05) is 18.2 Å². The third-order valence-corrected chi connectivity index (χ3v) is 7.49. The van der Waals surface area contributed by atoms with Crippen molar-refractivity contribution >= 4 is 48.8 Å². The van der Waals surface area contributed by atoms with E-state index in [4.69, 9.17) is 5.14 Å². The molecule has 3 heterocycles. The molecule has 0 radical (unpaired) electrons. The first-order valence-corrected chi connectivity index (χ1v) is 11.6. The highest BCUT2D eigenvalue weighted by molar-refractivity contribution is 7.89. The van der Waals surface area contributed by atoms with E-state index in [0.717, 1.165) is 41.5 Å². The molecule has 1 saturated heterocycles. The summed E-state index contributed by atoms with van der Waals surface area (Å²) in [5, 5.41) is 7.84. The molecule has 2 N–H and O–H groups in total. The maximum Gasteiger partial charge on any atom is 0.265 e. The van der Waals surface area contributed by atoms with Gasteiger partial charge < -0.3 is 4.90 Å². The van der Waals surface area contributed by atoms with Gasteiger partial charge in [0.05, 0.1) is 16.8 Å². The lowest BCUT2D eigenvalue weighted by atomic mass is 10.3. The molecule has 2 aromatic heterocycles. The van der Waals surface area contributed by atoms with Crippen molar-refractivity contribution in [1.29, 1.82) is 0 Å². The van der Waals surface area contributed by atoms with Crippen molar-refractivity contribution in [3.05, 3.63) is 45.6 Å². The van der Waals surface area contributed by atoms with E-state index in [0.29, 0.717) is 13.1 Å². The number of sulfonamides is 1. The number of rotatable bonds is 4. The average Bonchev–Trinajstić information content (AvgIpc) is 3.28. The normalized spacial score (nSPS) is 16.1. The van der Waals surface area contributed by atoms with Gasteiger partial charge in [0.25, 0.3) is 5.91 Å². The highest BCUT2D eigenvalue weighted by Gasteiger charge is 2.28. The van der Waals surface area contributed by atoms with Gasteiger partial charge in [-0.3, -0.25) is 9.69 Å². The van der Waals surface area contributed by atoms with Crippen LogP contribution >= 0.6 is 22.7 Å². The number of primary sulfonamides is 1. The van der Waals surface area contributed by atoms with Gasteiger partial charge in [0.15, 0.2) is 0 Å². The van der Waals surface area contributed by atoms with Crippen LogP contribution in [0, 0.1) is 0 Å². The number of fused-ring (bicyclic) bond motifs is 1. The zero-order chi connectivity index (χ0) is 19.0. The lowest BCUT2D eigenvalue weighted by molar-refractivity contribution is 0.0630. The van der Waals surface area contributed by atoms with Crippen LogP contribution in [0.4, 0.5) is 0 Å². The van der Waals surface area contributed by atoms with E-state index in [9.17, 15) is 13.2 Å². The van der Waals surface area contributed by atoms with Gasteiger partial charge >= 0.3 is 0 Å². The molecule has 10 heteroatoms. The van der Waals surface area contributed by atoms with Crippen molar-refractivity contribution in [3.8, 4) is 0 Å². The van der Waals surface area contributed by atoms with Crippen molar-refractivity contribution in [3.63, 3.8) is 0 Å². The summed E-state index contributed by atoms with van der Waals surface area (Å²) in [6.07, 6.45) is 0. The Morgan fingerprint density at radius 3 is 2.59 bits per heavy atom. The molecule has 0 aliphatic carbocycles. The van der Waals surface area contributed by atoms with Crippen molar-refractivity contribution < 1.29 is 13.2 Å². The highest BCUT2D eigenvalue weighted by Crippen LogP contribution is 2.25. The van der Waals surface area contributed by atoms with Crippen LogP contribution in [-0.2, 0) is 16.6 Å². The van der Waals surface area contributed by atoms with Crippen LogP contribution in [0.25, 0.3) is 10.2 Å². The van der Waals surface area contributed by atoms with Crippen molar-refractivity contribution in [2.24, 2.45) is 5.14 Å². The fourth-order valence-corrected chi connectivity index (χ4v) is 6.06. The van der Waals surface area contributed by atoms with Crippen LogP contribution in [-0.4, -0.2) is 55.3 Å². The molecule has 3 aromatic rings. The number of amides is 1. The summed E-state index contributed by atoms with van der Waals surface area (Å²) >= 11 is 2.80. The number of para-hydroxylation sites is 1. The van der Waals surface area contributed by atoms with Gasteiger partial charge in [-0.15, -0.1) is 22.7 Å². The predicted octanol–water partition coefficient (Wildman–Crippen LogP) is 1.96. The minimum Gasteiger partial charge on any atom is -0.335 e. The second-order valence-electron chi connectivity index (χ2n) is 6.30. The smallest absolute Gasteiger partial charge is 0.265 e. The number of piperazine rings is 1. The summed E-state index contributed by atoms with van der Waals surface area (Å²) in [5.74, 6) is -0.270. The quantitative estimate of drug-likeness (QED) is 0.693. The summed E-state index contributed by atoms with van der Waals surface area (Å²) in [6, 6.07) is 9.45. The molecule has 1 aromatic carbocycles. The summed E-state index contributed by atoms with van der Waals surface area (Å²) < 4.78 is 24.4. The number of benzene rings is 1. The molecule has 4 rings (SSSR count). The number of hydrogen-bond donors (Lipinski definition) is 1. The lowest BCUT2D eigenvalue weighted by Crippen LogP contribution is -2.48. The van der Waals surface area contributed by atoms with E-state index < -0.39 is 10.0 Å². The predicted molar refractivity (Wildman–Crippen MR) is 106 cm³/mol. The van der Waals surface area contributed by atoms with Gasteiger partial charge in [-0.05, 0) is 23.6 Å². The van der Waals surface area contributed by atoms with Gasteiger partial charge in [-0.2, -0.15) is 0 Å². The fraction of sp³-hybridized carbons (Fsp3) is 0.294. The molecule has 1 amide bonds. The van der Waals surface area contributed by atoms with Gasteiger partial charge in [-0.1, -0.05) is 12.1 Å².